The van der Waals surface area contributed by atoms with Crippen LogP contribution in [0.2, 0.25) is 0 Å². The second-order valence-corrected chi connectivity index (χ2v) is 12.0. The van der Waals surface area contributed by atoms with Crippen LogP contribution >= 0.6 is 0 Å². The van der Waals surface area contributed by atoms with Gasteiger partial charge in [0.25, 0.3) is 0 Å². The van der Waals surface area contributed by atoms with Gasteiger partial charge in [0.15, 0.2) is 0 Å². The van der Waals surface area contributed by atoms with E-state index in [1.165, 1.54) is 12.0 Å². The molecule has 4 rings (SSSR count). The molecule has 2 aromatic carbocycles. The minimum Gasteiger partial charge on any atom is -0.396 e. The average molecular weight is 658 g/mol. The van der Waals surface area contributed by atoms with Gasteiger partial charge < -0.3 is 29.7 Å². The maximum atomic E-state index is 9.81. The van der Waals surface area contributed by atoms with E-state index in [9.17, 15) is 10.2 Å². The number of aliphatic hydroxyl groups excluding tert-OH is 3. The topological polar surface area (TPSA) is 116 Å². The number of ether oxygens (including phenoxy) is 2. The molecular weight excluding hydrogens is 594 g/mol. The number of aliphatic hydroxyl groups is 3. The molecule has 3 N–H and O–H groups in total. The summed E-state index contributed by atoms with van der Waals surface area (Å²) in [5.74, 6) is 0. The van der Waals surface area contributed by atoms with Crippen LogP contribution in [0.15, 0.2) is 54.6 Å². The Bertz CT molecular complexity index is 1050. The van der Waals surface area contributed by atoms with Gasteiger partial charge in [-0.15, -0.1) is 0 Å². The van der Waals surface area contributed by atoms with E-state index in [2.05, 4.69) is 69.8 Å². The second kappa shape index (κ2) is 27.4. The molecule has 2 aliphatic heterocycles. The number of methoxy groups -OCH3 is 2. The van der Waals surface area contributed by atoms with Crippen molar-refractivity contribution in [2.24, 2.45) is 0 Å². The Kier molecular flexibility index (Phi) is 24.7. The van der Waals surface area contributed by atoms with Crippen LogP contribution < -0.4 is 4.90 Å². The van der Waals surface area contributed by atoms with Crippen LogP contribution in [0.5, 0.6) is 0 Å². The zero-order valence-electron chi connectivity index (χ0n) is 29.8. The fraction of sp³-hybridized carbons (Fsp3) is 0.649. The van der Waals surface area contributed by atoms with Gasteiger partial charge >= 0.3 is 0 Å². The first kappa shape index (κ1) is 42.4. The first-order valence-corrected chi connectivity index (χ1v) is 17.2. The third-order valence-corrected chi connectivity index (χ3v) is 7.55. The first-order valence-electron chi connectivity index (χ1n) is 17.2. The molecule has 10 heteroatoms. The molecule has 2 aromatic rings. The molecule has 0 amide bonds. The molecular formula is C37H63N5O5. The van der Waals surface area contributed by atoms with Gasteiger partial charge in [0.1, 0.15) is 6.07 Å². The monoisotopic (exact) mass is 657 g/mol. The molecule has 2 heterocycles. The molecule has 47 heavy (non-hydrogen) atoms. The highest BCUT2D eigenvalue weighted by atomic mass is 16.5. The highest BCUT2D eigenvalue weighted by Crippen LogP contribution is 2.21. The maximum absolute atomic E-state index is 9.81. The van der Waals surface area contributed by atoms with E-state index in [1.807, 2.05) is 31.2 Å². The Morgan fingerprint density at radius 1 is 0.723 bits per heavy atom. The van der Waals surface area contributed by atoms with E-state index in [-0.39, 0.29) is 6.10 Å². The third-order valence-electron chi connectivity index (χ3n) is 7.55. The van der Waals surface area contributed by atoms with Crippen molar-refractivity contribution < 1.29 is 24.8 Å². The zero-order chi connectivity index (χ0) is 34.7. The molecule has 2 saturated heterocycles. The standard InChI is InChI=1S/C16H26N2O2.C15H21N3O2.C3H8O.C3H8/c1-20-14-16(19)13-18-9-5-8-17(10-11-18)12-15-6-3-2-4-7-15;1-20-12-14(19)11-17-6-8-18(9-7-17)15-5-3-2-4-13(15)10-16;1-2-3-4;1-3-2/h2-4,6-7,16,19H,5,8-14H2,1H3;2-5,14,19H,6-9,11-12H2,1H3;4H,2-3H2,1H3;3H2,1-2H3. The number of piperazine rings is 1. The van der Waals surface area contributed by atoms with E-state index in [1.54, 1.807) is 14.2 Å². The molecule has 10 nitrogen and oxygen atoms in total. The number of nitriles is 1. The summed E-state index contributed by atoms with van der Waals surface area (Å²) >= 11 is 0. The fourth-order valence-corrected chi connectivity index (χ4v) is 5.31. The normalized spacial score (nSPS) is 17.0. The minimum absolute atomic E-state index is 0.319. The molecule has 0 spiro atoms. The summed E-state index contributed by atoms with van der Waals surface area (Å²) in [6, 6.07) is 20.6. The number of hydrogen-bond acceptors (Lipinski definition) is 10. The highest BCUT2D eigenvalue weighted by molar-refractivity contribution is 5.59. The zero-order valence-corrected chi connectivity index (χ0v) is 29.8. The molecule has 0 aromatic heterocycles. The molecule has 2 fully saturated rings. The molecule has 0 saturated carbocycles. The van der Waals surface area contributed by atoms with Crippen molar-refractivity contribution in [2.45, 2.75) is 58.8 Å². The summed E-state index contributed by atoms with van der Waals surface area (Å²) in [4.78, 5) is 9.31. The molecule has 2 atom stereocenters. The van der Waals surface area contributed by atoms with Crippen molar-refractivity contribution in [1.29, 1.82) is 5.26 Å². The predicted molar refractivity (Wildman–Crippen MR) is 192 cm³/mol. The lowest BCUT2D eigenvalue weighted by Crippen LogP contribution is -2.49. The Morgan fingerprint density at radius 2 is 1.19 bits per heavy atom. The van der Waals surface area contributed by atoms with Crippen molar-refractivity contribution in [3.63, 3.8) is 0 Å². The van der Waals surface area contributed by atoms with E-state index in [0.717, 1.165) is 83.0 Å². The quantitative estimate of drug-likeness (QED) is 0.312. The number of hydrogen-bond donors (Lipinski definition) is 3. The summed E-state index contributed by atoms with van der Waals surface area (Å²) in [6.07, 6.45) is 2.48. The fourth-order valence-electron chi connectivity index (χ4n) is 5.31. The number of rotatable bonds is 12. The van der Waals surface area contributed by atoms with Crippen LogP contribution in [0.25, 0.3) is 0 Å². The van der Waals surface area contributed by atoms with Gasteiger partial charge in [-0.3, -0.25) is 14.7 Å². The van der Waals surface area contributed by atoms with E-state index in [4.69, 9.17) is 19.8 Å². The van der Waals surface area contributed by atoms with Crippen LogP contribution in [0.1, 0.15) is 51.2 Å². The Hall–Kier alpha value is -2.59. The Labute approximate surface area is 285 Å². The van der Waals surface area contributed by atoms with Gasteiger partial charge in [-0.2, -0.15) is 5.26 Å². The van der Waals surface area contributed by atoms with E-state index in [0.29, 0.717) is 32.9 Å². The van der Waals surface area contributed by atoms with E-state index < -0.39 is 6.10 Å². The number of benzene rings is 2. The van der Waals surface area contributed by atoms with Gasteiger partial charge in [-0.1, -0.05) is 69.7 Å². The highest BCUT2D eigenvalue weighted by Gasteiger charge is 2.21. The molecule has 2 aliphatic rings. The lowest BCUT2D eigenvalue weighted by Gasteiger charge is -2.37. The van der Waals surface area contributed by atoms with E-state index >= 15 is 0 Å². The van der Waals surface area contributed by atoms with Crippen molar-refractivity contribution in [3.05, 3.63) is 65.7 Å². The average Bonchev–Trinajstić information content (AvgIpc) is 3.31. The van der Waals surface area contributed by atoms with Gasteiger partial charge in [0.2, 0.25) is 0 Å². The molecule has 2 unspecified atom stereocenters. The second-order valence-electron chi connectivity index (χ2n) is 12.0. The van der Waals surface area contributed by atoms with Crippen LogP contribution in [0.4, 0.5) is 5.69 Å². The number of β-amino-alcohol motifs (C(OH)–C–C–N with tert-alkyl or cyclic N) is 2. The Balaban J connectivity index is 0.000000393. The van der Waals surface area contributed by atoms with Crippen molar-refractivity contribution >= 4 is 5.69 Å². The Morgan fingerprint density at radius 3 is 1.72 bits per heavy atom. The number of anilines is 1. The molecule has 266 valence electrons. The smallest absolute Gasteiger partial charge is 0.101 e. The lowest BCUT2D eigenvalue weighted by molar-refractivity contribution is 0.0365. The largest absolute Gasteiger partial charge is 0.396 e. The summed E-state index contributed by atoms with van der Waals surface area (Å²) < 4.78 is 9.93. The van der Waals surface area contributed by atoms with Crippen LogP contribution in [0.3, 0.4) is 0 Å². The van der Waals surface area contributed by atoms with Gasteiger partial charge in [0.05, 0.1) is 36.7 Å². The SMILES string of the molecule is CCC.CCCO.COCC(O)CN1CCCN(Cc2ccccc2)CC1.COCC(O)CN1CCN(c2ccccc2C#N)CC1. The van der Waals surface area contributed by atoms with Crippen LogP contribution in [-0.4, -0.2) is 142 Å². The minimum atomic E-state index is -0.432. The van der Waals surface area contributed by atoms with Gasteiger partial charge in [-0.05, 0) is 43.6 Å². The molecule has 0 radical (unpaired) electrons. The van der Waals surface area contributed by atoms with Crippen LogP contribution in [0, 0.1) is 11.3 Å². The summed E-state index contributed by atoms with van der Waals surface area (Å²) in [7, 11) is 3.23. The van der Waals surface area contributed by atoms with Crippen molar-refractivity contribution in [1.82, 2.24) is 14.7 Å². The summed E-state index contributed by atoms with van der Waals surface area (Å²) in [6.45, 7) is 17.5. The predicted octanol–water partition coefficient (Wildman–Crippen LogP) is 3.69. The van der Waals surface area contributed by atoms with Crippen molar-refractivity contribution in [2.75, 3.05) is 104 Å². The first-order chi connectivity index (χ1) is 22.8. The van der Waals surface area contributed by atoms with Gasteiger partial charge in [-0.25, -0.2) is 0 Å². The third kappa shape index (κ3) is 19.1. The van der Waals surface area contributed by atoms with Crippen molar-refractivity contribution in [3.8, 4) is 6.07 Å². The lowest BCUT2D eigenvalue weighted by atomic mass is 10.1. The summed E-state index contributed by atoms with van der Waals surface area (Å²) in [5.41, 5.74) is 3.10. The number of para-hydroxylation sites is 1. The van der Waals surface area contributed by atoms with Gasteiger partial charge in [0, 0.05) is 79.7 Å². The molecule has 0 bridgehead atoms. The summed E-state index contributed by atoms with van der Waals surface area (Å²) in [5, 5.41) is 36.6. The van der Waals surface area contributed by atoms with Crippen LogP contribution in [-0.2, 0) is 16.0 Å². The molecule has 0 aliphatic carbocycles. The maximum Gasteiger partial charge on any atom is 0.101 e. The number of nitrogens with zero attached hydrogens (tertiary/aromatic N) is 5.